The van der Waals surface area contributed by atoms with Crippen LogP contribution in [0.25, 0.3) is 11.1 Å². The number of aliphatic hydroxyl groups is 1. The number of para-hydroxylation sites is 1. The topological polar surface area (TPSA) is 49.8 Å². The molecule has 3 aromatic carbocycles. The number of hydrogen-bond donors (Lipinski definition) is 1. The molecule has 4 rings (SSSR count). The van der Waals surface area contributed by atoms with Crippen molar-refractivity contribution in [2.24, 2.45) is 0 Å². The van der Waals surface area contributed by atoms with Gasteiger partial charge in [-0.3, -0.25) is 4.79 Å². The minimum Gasteiger partial charge on any atom is -0.493 e. The van der Waals surface area contributed by atoms with E-state index in [-0.39, 0.29) is 5.91 Å². The van der Waals surface area contributed by atoms with E-state index in [9.17, 15) is 9.90 Å². The molecule has 0 heterocycles. The summed E-state index contributed by atoms with van der Waals surface area (Å²) in [6.07, 6.45) is 6.73. The maximum Gasteiger partial charge on any atom is 0.256 e. The number of hydrogen-bond acceptors (Lipinski definition) is 3. The average molecular weight is 472 g/mol. The van der Waals surface area contributed by atoms with Gasteiger partial charge in [-0.05, 0) is 60.6 Å². The molecule has 1 aliphatic carbocycles. The Morgan fingerprint density at radius 2 is 1.57 bits per heavy atom. The first kappa shape index (κ1) is 25.0. The van der Waals surface area contributed by atoms with Gasteiger partial charge < -0.3 is 14.7 Å². The van der Waals surface area contributed by atoms with Gasteiger partial charge in [-0.25, -0.2) is 0 Å². The Balaban J connectivity index is 1.51. The highest BCUT2D eigenvalue weighted by Gasteiger charge is 2.49. The molecule has 35 heavy (non-hydrogen) atoms. The lowest BCUT2D eigenvalue weighted by atomic mass is 9.97. The van der Waals surface area contributed by atoms with Gasteiger partial charge in [-0.1, -0.05) is 87.7 Å². The van der Waals surface area contributed by atoms with Crippen molar-refractivity contribution < 1.29 is 14.6 Å². The number of benzene rings is 3. The first-order chi connectivity index (χ1) is 17.1. The number of rotatable bonds is 12. The highest BCUT2D eigenvalue weighted by Crippen LogP contribution is 2.41. The second-order valence-corrected chi connectivity index (χ2v) is 9.48. The van der Waals surface area contributed by atoms with Crippen molar-refractivity contribution >= 4 is 5.91 Å². The SMILES string of the molecule is CCCCCCOc1ccccc1CN(C(=O)c1ccc(-c2ccccc2CC)cc1)C1(O)CC1. The molecule has 3 aromatic rings. The zero-order chi connectivity index (χ0) is 24.7. The first-order valence-electron chi connectivity index (χ1n) is 13.0. The molecule has 184 valence electrons. The quantitative estimate of drug-likeness (QED) is 0.228. The van der Waals surface area contributed by atoms with Crippen LogP contribution in [0, 0.1) is 0 Å². The highest BCUT2D eigenvalue weighted by molar-refractivity contribution is 5.95. The molecule has 1 saturated carbocycles. The molecule has 0 saturated heterocycles. The molecule has 0 spiro atoms. The average Bonchev–Trinajstić information content (AvgIpc) is 3.65. The van der Waals surface area contributed by atoms with Crippen LogP contribution in [0.5, 0.6) is 5.75 Å². The lowest BCUT2D eigenvalue weighted by molar-refractivity contribution is -0.0150. The van der Waals surface area contributed by atoms with Gasteiger partial charge in [0.1, 0.15) is 11.5 Å². The molecule has 0 bridgehead atoms. The van der Waals surface area contributed by atoms with Crippen molar-refractivity contribution in [2.75, 3.05) is 6.61 Å². The Kier molecular flexibility index (Phi) is 8.25. The van der Waals surface area contributed by atoms with Crippen LogP contribution in [-0.4, -0.2) is 28.2 Å². The number of amides is 1. The number of aryl methyl sites for hydroxylation is 1. The molecule has 1 N–H and O–H groups in total. The fourth-order valence-corrected chi connectivity index (χ4v) is 4.50. The molecular formula is C31H37NO3. The summed E-state index contributed by atoms with van der Waals surface area (Å²) < 4.78 is 6.07. The van der Waals surface area contributed by atoms with E-state index >= 15 is 0 Å². The fourth-order valence-electron chi connectivity index (χ4n) is 4.50. The largest absolute Gasteiger partial charge is 0.493 e. The zero-order valence-corrected chi connectivity index (χ0v) is 21.0. The van der Waals surface area contributed by atoms with Crippen LogP contribution in [0.15, 0.2) is 72.8 Å². The molecule has 0 unspecified atom stereocenters. The number of nitrogens with zero attached hydrogens (tertiary/aromatic N) is 1. The summed E-state index contributed by atoms with van der Waals surface area (Å²) in [5.74, 6) is 0.635. The Morgan fingerprint density at radius 3 is 2.26 bits per heavy atom. The second-order valence-electron chi connectivity index (χ2n) is 9.48. The summed E-state index contributed by atoms with van der Waals surface area (Å²) in [7, 11) is 0. The van der Waals surface area contributed by atoms with E-state index in [0.29, 0.717) is 31.6 Å². The van der Waals surface area contributed by atoms with Gasteiger partial charge in [-0.15, -0.1) is 0 Å². The first-order valence-corrected chi connectivity index (χ1v) is 13.0. The van der Waals surface area contributed by atoms with Crippen LogP contribution in [0.4, 0.5) is 0 Å². The number of unbranched alkanes of at least 4 members (excludes halogenated alkanes) is 3. The summed E-state index contributed by atoms with van der Waals surface area (Å²) in [4.78, 5) is 15.2. The summed E-state index contributed by atoms with van der Waals surface area (Å²) in [5.41, 5.74) is 3.99. The van der Waals surface area contributed by atoms with Crippen molar-refractivity contribution in [1.29, 1.82) is 0 Å². The van der Waals surface area contributed by atoms with E-state index in [1.165, 1.54) is 24.0 Å². The van der Waals surface area contributed by atoms with Gasteiger partial charge in [0.2, 0.25) is 0 Å². The number of ether oxygens (including phenoxy) is 1. The molecule has 0 aliphatic heterocycles. The zero-order valence-electron chi connectivity index (χ0n) is 21.0. The minimum atomic E-state index is -1.08. The lowest BCUT2D eigenvalue weighted by Crippen LogP contribution is -2.41. The Morgan fingerprint density at radius 1 is 0.886 bits per heavy atom. The van der Waals surface area contributed by atoms with Crippen LogP contribution >= 0.6 is 0 Å². The van der Waals surface area contributed by atoms with Crippen LogP contribution < -0.4 is 4.74 Å². The molecule has 1 fully saturated rings. The Labute approximate surface area is 209 Å². The fraction of sp³-hybridized carbons (Fsp3) is 0.387. The van der Waals surface area contributed by atoms with E-state index in [1.807, 2.05) is 54.6 Å². The summed E-state index contributed by atoms with van der Waals surface area (Å²) in [5, 5.41) is 11.0. The van der Waals surface area contributed by atoms with Crippen LogP contribution in [0.2, 0.25) is 0 Å². The lowest BCUT2D eigenvalue weighted by Gasteiger charge is -2.29. The summed E-state index contributed by atoms with van der Waals surface area (Å²) in [6.45, 7) is 5.33. The maximum absolute atomic E-state index is 13.6. The third kappa shape index (κ3) is 6.12. The molecular weight excluding hydrogens is 434 g/mol. The van der Waals surface area contributed by atoms with Gasteiger partial charge in [0.25, 0.3) is 5.91 Å². The third-order valence-corrected chi connectivity index (χ3v) is 6.84. The predicted molar refractivity (Wildman–Crippen MR) is 141 cm³/mol. The van der Waals surface area contributed by atoms with Crippen molar-refractivity contribution in [1.82, 2.24) is 4.90 Å². The maximum atomic E-state index is 13.6. The predicted octanol–water partition coefficient (Wildman–Crippen LogP) is 7.00. The summed E-state index contributed by atoms with van der Waals surface area (Å²) >= 11 is 0. The van der Waals surface area contributed by atoms with E-state index in [0.717, 1.165) is 36.1 Å². The smallest absolute Gasteiger partial charge is 0.256 e. The van der Waals surface area contributed by atoms with E-state index in [2.05, 4.69) is 32.0 Å². The van der Waals surface area contributed by atoms with Gasteiger partial charge in [0.05, 0.1) is 13.2 Å². The standard InChI is InChI=1S/C31H37NO3/c1-3-5-6-11-22-35-29-15-10-8-13-27(29)23-32(31(34)20-21-31)30(33)26-18-16-25(17-19-26)28-14-9-7-12-24(28)4-2/h7-10,12-19,34H,3-6,11,20-23H2,1-2H3. The molecule has 0 atom stereocenters. The monoisotopic (exact) mass is 471 g/mol. The number of carbonyl (C=O) groups excluding carboxylic acids is 1. The van der Waals surface area contributed by atoms with Gasteiger partial charge >= 0.3 is 0 Å². The third-order valence-electron chi connectivity index (χ3n) is 6.84. The van der Waals surface area contributed by atoms with Crippen LogP contribution in [0.3, 0.4) is 0 Å². The molecule has 0 radical (unpaired) electrons. The molecule has 0 aromatic heterocycles. The van der Waals surface area contributed by atoms with Crippen molar-refractivity contribution in [3.05, 3.63) is 89.5 Å². The van der Waals surface area contributed by atoms with Crippen LogP contribution in [-0.2, 0) is 13.0 Å². The van der Waals surface area contributed by atoms with Gasteiger partial charge in [0, 0.05) is 11.1 Å². The second kappa shape index (κ2) is 11.5. The highest BCUT2D eigenvalue weighted by atomic mass is 16.5. The van der Waals surface area contributed by atoms with Crippen LogP contribution in [0.1, 0.15) is 73.9 Å². The Hall–Kier alpha value is -3.11. The van der Waals surface area contributed by atoms with Gasteiger partial charge in [-0.2, -0.15) is 0 Å². The normalized spacial score (nSPS) is 13.9. The minimum absolute atomic E-state index is 0.155. The van der Waals surface area contributed by atoms with E-state index in [4.69, 9.17) is 4.74 Å². The molecule has 4 heteroatoms. The molecule has 1 aliphatic rings. The Bertz CT molecular complexity index is 1120. The van der Waals surface area contributed by atoms with E-state index < -0.39 is 5.72 Å². The van der Waals surface area contributed by atoms with Crippen molar-refractivity contribution in [2.45, 2.75) is 71.1 Å². The van der Waals surface area contributed by atoms with Crippen molar-refractivity contribution in [3.63, 3.8) is 0 Å². The summed E-state index contributed by atoms with van der Waals surface area (Å²) in [6, 6.07) is 24.0. The number of carbonyl (C=O) groups is 1. The molecule has 4 nitrogen and oxygen atoms in total. The van der Waals surface area contributed by atoms with E-state index in [1.54, 1.807) is 4.90 Å². The van der Waals surface area contributed by atoms with Crippen molar-refractivity contribution in [3.8, 4) is 16.9 Å². The molecule has 1 amide bonds. The van der Waals surface area contributed by atoms with Gasteiger partial charge in [0.15, 0.2) is 0 Å².